The summed E-state index contributed by atoms with van der Waals surface area (Å²) in [5.41, 5.74) is 3.00. The van der Waals surface area contributed by atoms with Crippen molar-refractivity contribution >= 4 is 18.2 Å². The second kappa shape index (κ2) is 11.0. The lowest BCUT2D eigenvalue weighted by atomic mass is 9.80. The minimum atomic E-state index is -1.50. The molecule has 0 aliphatic rings. The van der Waals surface area contributed by atoms with Crippen LogP contribution in [0, 0.1) is 0 Å². The number of rotatable bonds is 5. The Morgan fingerprint density at radius 2 is 1.34 bits per heavy atom. The zero-order valence-electron chi connectivity index (χ0n) is 17.2. The summed E-state index contributed by atoms with van der Waals surface area (Å²) in [5, 5.41) is 18.6. The van der Waals surface area contributed by atoms with E-state index >= 15 is 0 Å². The van der Waals surface area contributed by atoms with Crippen molar-refractivity contribution < 1.29 is 10.0 Å². The van der Waals surface area contributed by atoms with E-state index in [1.54, 1.807) is 24.3 Å². The molecule has 6 heteroatoms. The minimum Gasteiger partial charge on any atom is -0.423 e. The zero-order chi connectivity index (χ0) is 21.2. The number of benzene rings is 2. The predicted octanol–water partition coefficient (Wildman–Crippen LogP) is 3.89. The monoisotopic (exact) mass is 387 g/mol. The lowest BCUT2D eigenvalue weighted by Crippen LogP contribution is -2.29. The molecular formula is C23H26BN3O2. The molecule has 0 saturated carbocycles. The summed E-state index contributed by atoms with van der Waals surface area (Å²) in [5.74, 6) is 1.71. The average molecular weight is 387 g/mol. The van der Waals surface area contributed by atoms with Gasteiger partial charge in [0.1, 0.15) is 0 Å². The molecule has 2 aromatic carbocycles. The highest BCUT2D eigenvalue weighted by Gasteiger charge is 2.14. The highest BCUT2D eigenvalue weighted by molar-refractivity contribution is 6.58. The van der Waals surface area contributed by atoms with Crippen LogP contribution in [0.3, 0.4) is 0 Å². The smallest absolute Gasteiger partial charge is 0.423 e. The van der Waals surface area contributed by atoms with E-state index in [0.29, 0.717) is 22.9 Å². The van der Waals surface area contributed by atoms with E-state index in [1.165, 1.54) is 0 Å². The van der Waals surface area contributed by atoms with Gasteiger partial charge < -0.3 is 10.0 Å². The molecule has 0 aliphatic carbocycles. The van der Waals surface area contributed by atoms with Crippen LogP contribution in [-0.4, -0.2) is 32.1 Å². The fourth-order valence-electron chi connectivity index (χ4n) is 2.63. The summed E-state index contributed by atoms with van der Waals surface area (Å²) in [6.45, 7) is 7.89. The van der Waals surface area contributed by atoms with Crippen LogP contribution >= 0.6 is 0 Å². The fraction of sp³-hybridized carbons (Fsp3) is 0.174. The van der Waals surface area contributed by atoms with Crippen LogP contribution in [0.5, 0.6) is 0 Å². The van der Waals surface area contributed by atoms with Crippen molar-refractivity contribution in [2.75, 3.05) is 0 Å². The number of allylic oxidation sites excluding steroid dienone is 4. The Morgan fingerprint density at radius 3 is 1.83 bits per heavy atom. The normalized spacial score (nSPS) is 11.2. The molecule has 29 heavy (non-hydrogen) atoms. The van der Waals surface area contributed by atoms with Crippen LogP contribution in [0.15, 0.2) is 72.8 Å². The molecule has 0 spiro atoms. The molecule has 0 atom stereocenters. The van der Waals surface area contributed by atoms with Crippen LogP contribution in [0.2, 0.25) is 0 Å². The summed E-state index contributed by atoms with van der Waals surface area (Å²) in [4.78, 5) is 13.9. The summed E-state index contributed by atoms with van der Waals surface area (Å²) in [6.07, 6.45) is 5.86. The van der Waals surface area contributed by atoms with Gasteiger partial charge in [-0.05, 0) is 19.3 Å². The van der Waals surface area contributed by atoms with Crippen molar-refractivity contribution in [2.45, 2.75) is 27.7 Å². The Kier molecular flexibility index (Phi) is 8.46. The van der Waals surface area contributed by atoms with Gasteiger partial charge in [-0.15, -0.1) is 0 Å². The van der Waals surface area contributed by atoms with E-state index in [9.17, 15) is 10.0 Å². The molecule has 5 nitrogen and oxygen atoms in total. The topological polar surface area (TPSA) is 79.1 Å². The molecule has 0 bridgehead atoms. The predicted molar refractivity (Wildman–Crippen MR) is 120 cm³/mol. The highest BCUT2D eigenvalue weighted by atomic mass is 16.4. The standard InChI is InChI=1S/C21H20BN3O2.C2H6/c1-3-8-15(4-2)19-23-20(16-9-6-5-7-10-16)25-21(24-19)17-11-13-18(14-12-17)22(26)27;1-2/h3-14,26-27H,1-2H3;1-2H3/b8-3-,15-4+;. The molecule has 0 unspecified atom stereocenters. The number of aromatic nitrogens is 3. The molecule has 3 aromatic rings. The molecule has 0 aliphatic heterocycles. The van der Waals surface area contributed by atoms with Gasteiger partial charge >= 0.3 is 7.12 Å². The summed E-state index contributed by atoms with van der Waals surface area (Å²) in [7, 11) is -1.50. The molecule has 1 heterocycles. The van der Waals surface area contributed by atoms with Crippen molar-refractivity contribution in [3.05, 3.63) is 78.6 Å². The maximum Gasteiger partial charge on any atom is 0.488 e. The Balaban J connectivity index is 0.00000145. The second-order valence-corrected chi connectivity index (χ2v) is 5.91. The van der Waals surface area contributed by atoms with Gasteiger partial charge in [0.15, 0.2) is 17.5 Å². The third kappa shape index (κ3) is 5.70. The Bertz CT molecular complexity index is 969. The number of hydrogen-bond donors (Lipinski definition) is 2. The van der Waals surface area contributed by atoms with E-state index < -0.39 is 7.12 Å². The zero-order valence-corrected chi connectivity index (χ0v) is 17.2. The number of hydrogen-bond acceptors (Lipinski definition) is 5. The van der Waals surface area contributed by atoms with Crippen molar-refractivity contribution in [1.29, 1.82) is 0 Å². The molecule has 0 amide bonds. The first kappa shape index (κ1) is 22.2. The highest BCUT2D eigenvalue weighted by Crippen LogP contribution is 2.22. The molecule has 3 rings (SSSR count). The van der Waals surface area contributed by atoms with Crippen LogP contribution in [0.4, 0.5) is 0 Å². The lowest BCUT2D eigenvalue weighted by Gasteiger charge is -2.09. The largest absolute Gasteiger partial charge is 0.488 e. The Morgan fingerprint density at radius 1 is 0.793 bits per heavy atom. The Labute approximate surface area is 172 Å². The van der Waals surface area contributed by atoms with Crippen molar-refractivity contribution in [3.8, 4) is 22.8 Å². The summed E-state index contributed by atoms with van der Waals surface area (Å²) >= 11 is 0. The van der Waals surface area contributed by atoms with Gasteiger partial charge in [-0.3, -0.25) is 0 Å². The molecule has 2 N–H and O–H groups in total. The third-order valence-corrected chi connectivity index (χ3v) is 4.05. The first-order chi connectivity index (χ1) is 14.1. The molecule has 0 fully saturated rings. The van der Waals surface area contributed by atoms with Gasteiger partial charge in [0.05, 0.1) is 0 Å². The molecule has 0 saturated heterocycles. The van der Waals surface area contributed by atoms with E-state index in [4.69, 9.17) is 0 Å². The lowest BCUT2D eigenvalue weighted by molar-refractivity contribution is 0.426. The minimum absolute atomic E-state index is 0.416. The van der Waals surface area contributed by atoms with Gasteiger partial charge in [0.25, 0.3) is 0 Å². The first-order valence-corrected chi connectivity index (χ1v) is 9.69. The van der Waals surface area contributed by atoms with Gasteiger partial charge in [-0.25, -0.2) is 15.0 Å². The number of nitrogens with zero attached hydrogens (tertiary/aromatic N) is 3. The third-order valence-electron chi connectivity index (χ3n) is 4.05. The van der Waals surface area contributed by atoms with Gasteiger partial charge in [0, 0.05) is 16.7 Å². The van der Waals surface area contributed by atoms with Crippen LogP contribution in [-0.2, 0) is 0 Å². The maximum absolute atomic E-state index is 9.29. The summed E-state index contributed by atoms with van der Waals surface area (Å²) < 4.78 is 0. The molecular weight excluding hydrogens is 361 g/mol. The molecule has 1 aromatic heterocycles. The van der Waals surface area contributed by atoms with Crippen LogP contribution in [0.1, 0.15) is 33.5 Å². The van der Waals surface area contributed by atoms with E-state index in [2.05, 4.69) is 15.0 Å². The van der Waals surface area contributed by atoms with Crippen molar-refractivity contribution in [1.82, 2.24) is 15.0 Å². The molecule has 148 valence electrons. The van der Waals surface area contributed by atoms with Crippen molar-refractivity contribution in [3.63, 3.8) is 0 Å². The van der Waals surface area contributed by atoms with Crippen molar-refractivity contribution in [2.24, 2.45) is 0 Å². The van der Waals surface area contributed by atoms with E-state index in [-0.39, 0.29) is 0 Å². The second-order valence-electron chi connectivity index (χ2n) is 5.91. The maximum atomic E-state index is 9.29. The van der Waals surface area contributed by atoms with E-state index in [0.717, 1.165) is 16.7 Å². The van der Waals surface area contributed by atoms with Crippen LogP contribution < -0.4 is 5.46 Å². The fourth-order valence-corrected chi connectivity index (χ4v) is 2.63. The summed E-state index contributed by atoms with van der Waals surface area (Å²) in [6, 6.07) is 16.6. The van der Waals surface area contributed by atoms with E-state index in [1.807, 2.05) is 76.3 Å². The van der Waals surface area contributed by atoms with Crippen LogP contribution in [0.25, 0.3) is 28.3 Å². The Hall–Kier alpha value is -3.09. The van der Waals surface area contributed by atoms with Gasteiger partial charge in [-0.1, -0.05) is 86.7 Å². The molecule has 0 radical (unpaired) electrons. The first-order valence-electron chi connectivity index (χ1n) is 9.69. The average Bonchev–Trinajstić information content (AvgIpc) is 2.79. The quantitative estimate of drug-likeness (QED) is 0.513. The van der Waals surface area contributed by atoms with Gasteiger partial charge in [-0.2, -0.15) is 0 Å². The SMILES string of the molecule is C/C=C\C(=C/C)c1nc(-c2ccccc2)nc(-c2ccc(B(O)O)cc2)n1.CC. The van der Waals surface area contributed by atoms with Gasteiger partial charge in [0.2, 0.25) is 0 Å².